The molecule has 0 radical (unpaired) electrons. The van der Waals surface area contributed by atoms with Crippen LogP contribution in [0.25, 0.3) is 0 Å². The van der Waals surface area contributed by atoms with Crippen molar-refractivity contribution < 1.29 is 4.74 Å². The van der Waals surface area contributed by atoms with Gasteiger partial charge in [0.1, 0.15) is 23.9 Å². The SMILES string of the molecule is Cc1ccc(OCc2cccnc2C(=N)N)c(Cl)c1. The molecule has 1 heterocycles. The molecule has 0 spiro atoms. The summed E-state index contributed by atoms with van der Waals surface area (Å²) >= 11 is 6.09. The van der Waals surface area contributed by atoms with Gasteiger partial charge in [0.15, 0.2) is 0 Å². The molecule has 1 aromatic carbocycles. The van der Waals surface area contributed by atoms with Crippen molar-refractivity contribution in [1.82, 2.24) is 4.98 Å². The smallest absolute Gasteiger partial charge is 0.142 e. The fraction of sp³-hybridized carbons (Fsp3) is 0.143. The number of amidine groups is 1. The maximum Gasteiger partial charge on any atom is 0.142 e. The highest BCUT2D eigenvalue weighted by Gasteiger charge is 2.08. The number of halogens is 1. The van der Waals surface area contributed by atoms with E-state index in [2.05, 4.69) is 4.98 Å². The Bertz CT molecular complexity index is 613. The summed E-state index contributed by atoms with van der Waals surface area (Å²) in [5.74, 6) is 0.528. The molecular formula is C14H14ClN3O. The third-order valence-electron chi connectivity index (χ3n) is 2.62. The van der Waals surface area contributed by atoms with Gasteiger partial charge in [-0.2, -0.15) is 0 Å². The number of pyridine rings is 1. The summed E-state index contributed by atoms with van der Waals surface area (Å²) in [4.78, 5) is 4.06. The van der Waals surface area contributed by atoms with Crippen LogP contribution in [0.15, 0.2) is 36.5 Å². The lowest BCUT2D eigenvalue weighted by Gasteiger charge is -2.10. The van der Waals surface area contributed by atoms with Gasteiger partial charge in [-0.25, -0.2) is 0 Å². The average Bonchev–Trinajstić information content (AvgIpc) is 2.38. The zero-order valence-electron chi connectivity index (χ0n) is 10.5. The zero-order valence-corrected chi connectivity index (χ0v) is 11.2. The Morgan fingerprint density at radius 3 is 2.89 bits per heavy atom. The van der Waals surface area contributed by atoms with E-state index in [-0.39, 0.29) is 12.4 Å². The number of rotatable bonds is 4. The number of nitrogens with one attached hydrogen (secondary N) is 1. The van der Waals surface area contributed by atoms with Crippen molar-refractivity contribution in [3.8, 4) is 5.75 Å². The summed E-state index contributed by atoms with van der Waals surface area (Å²) in [6, 6.07) is 9.19. The molecule has 3 N–H and O–H groups in total. The molecule has 0 aliphatic rings. The Labute approximate surface area is 116 Å². The molecule has 2 aromatic rings. The molecule has 0 atom stereocenters. The molecule has 5 heteroatoms. The van der Waals surface area contributed by atoms with Crippen molar-refractivity contribution in [2.75, 3.05) is 0 Å². The van der Waals surface area contributed by atoms with Gasteiger partial charge in [-0.1, -0.05) is 23.7 Å². The van der Waals surface area contributed by atoms with E-state index >= 15 is 0 Å². The van der Waals surface area contributed by atoms with E-state index in [1.807, 2.05) is 31.2 Å². The molecule has 0 saturated heterocycles. The van der Waals surface area contributed by atoms with Crippen molar-refractivity contribution in [2.45, 2.75) is 13.5 Å². The number of ether oxygens (including phenoxy) is 1. The maximum atomic E-state index is 7.46. The first kappa shape index (κ1) is 13.4. The number of aryl methyl sites for hydroxylation is 1. The van der Waals surface area contributed by atoms with Crippen LogP contribution in [0, 0.1) is 12.3 Å². The monoisotopic (exact) mass is 275 g/mol. The predicted molar refractivity (Wildman–Crippen MR) is 75.8 cm³/mol. The number of nitrogens with two attached hydrogens (primary N) is 1. The van der Waals surface area contributed by atoms with Crippen LogP contribution in [0.4, 0.5) is 0 Å². The lowest BCUT2D eigenvalue weighted by molar-refractivity contribution is 0.305. The summed E-state index contributed by atoms with van der Waals surface area (Å²) in [7, 11) is 0. The van der Waals surface area contributed by atoms with Crippen LogP contribution in [-0.4, -0.2) is 10.8 Å². The number of aromatic nitrogens is 1. The number of hydrogen-bond acceptors (Lipinski definition) is 3. The van der Waals surface area contributed by atoms with Gasteiger partial charge in [-0.3, -0.25) is 10.4 Å². The Morgan fingerprint density at radius 2 is 2.21 bits per heavy atom. The molecule has 1 aromatic heterocycles. The molecule has 19 heavy (non-hydrogen) atoms. The van der Waals surface area contributed by atoms with Crippen LogP contribution in [0.5, 0.6) is 5.75 Å². The van der Waals surface area contributed by atoms with Crippen molar-refractivity contribution in [3.63, 3.8) is 0 Å². The molecule has 0 saturated carbocycles. The van der Waals surface area contributed by atoms with Gasteiger partial charge in [0.2, 0.25) is 0 Å². The van der Waals surface area contributed by atoms with Gasteiger partial charge in [0.05, 0.1) is 5.02 Å². The van der Waals surface area contributed by atoms with E-state index in [9.17, 15) is 0 Å². The molecule has 0 aliphatic carbocycles. The summed E-state index contributed by atoms with van der Waals surface area (Å²) in [6.45, 7) is 2.23. The predicted octanol–water partition coefficient (Wildman–Crippen LogP) is 2.91. The minimum Gasteiger partial charge on any atom is -0.487 e. The summed E-state index contributed by atoms with van der Waals surface area (Å²) in [5, 5.41) is 8.03. The van der Waals surface area contributed by atoms with E-state index in [1.165, 1.54) is 0 Å². The second-order valence-electron chi connectivity index (χ2n) is 4.15. The summed E-state index contributed by atoms with van der Waals surface area (Å²) < 4.78 is 5.64. The standard InChI is InChI=1S/C14H14ClN3O/c1-9-4-5-12(11(15)7-9)19-8-10-3-2-6-18-13(10)14(16)17/h2-7H,8H2,1H3,(H3,16,17). The van der Waals surface area contributed by atoms with E-state index in [4.69, 9.17) is 27.5 Å². The van der Waals surface area contributed by atoms with Gasteiger partial charge in [0, 0.05) is 11.8 Å². The van der Waals surface area contributed by atoms with E-state index in [1.54, 1.807) is 12.3 Å². The lowest BCUT2D eigenvalue weighted by atomic mass is 10.2. The van der Waals surface area contributed by atoms with Crippen molar-refractivity contribution in [3.05, 3.63) is 58.4 Å². The number of nitrogens with zero attached hydrogens (tertiary/aromatic N) is 1. The van der Waals surface area contributed by atoms with Crippen LogP contribution >= 0.6 is 11.6 Å². The highest BCUT2D eigenvalue weighted by Crippen LogP contribution is 2.26. The Balaban J connectivity index is 2.17. The zero-order chi connectivity index (χ0) is 13.8. The molecule has 0 unspecified atom stereocenters. The van der Waals surface area contributed by atoms with Gasteiger partial charge in [0.25, 0.3) is 0 Å². The highest BCUT2D eigenvalue weighted by atomic mass is 35.5. The van der Waals surface area contributed by atoms with Crippen LogP contribution in [0.1, 0.15) is 16.8 Å². The Morgan fingerprint density at radius 1 is 1.42 bits per heavy atom. The topological polar surface area (TPSA) is 72.0 Å². The quantitative estimate of drug-likeness (QED) is 0.666. The van der Waals surface area contributed by atoms with Gasteiger partial charge >= 0.3 is 0 Å². The Hall–Kier alpha value is -2.07. The first-order chi connectivity index (χ1) is 9.08. The van der Waals surface area contributed by atoms with E-state index < -0.39 is 0 Å². The Kier molecular flexibility index (Phi) is 4.02. The third-order valence-corrected chi connectivity index (χ3v) is 2.91. The minimum atomic E-state index is -0.0748. The molecular weight excluding hydrogens is 262 g/mol. The molecule has 98 valence electrons. The van der Waals surface area contributed by atoms with Gasteiger partial charge in [-0.05, 0) is 30.7 Å². The molecule has 2 rings (SSSR count). The second-order valence-corrected chi connectivity index (χ2v) is 4.55. The molecule has 0 fully saturated rings. The van der Waals surface area contributed by atoms with Crippen LogP contribution in [0.2, 0.25) is 5.02 Å². The van der Waals surface area contributed by atoms with Crippen LogP contribution < -0.4 is 10.5 Å². The first-order valence-corrected chi connectivity index (χ1v) is 6.13. The van der Waals surface area contributed by atoms with Gasteiger partial charge in [-0.15, -0.1) is 0 Å². The van der Waals surface area contributed by atoms with Crippen LogP contribution in [-0.2, 0) is 6.61 Å². The van der Waals surface area contributed by atoms with Crippen molar-refractivity contribution in [1.29, 1.82) is 5.41 Å². The normalized spacial score (nSPS) is 10.2. The first-order valence-electron chi connectivity index (χ1n) is 5.75. The largest absolute Gasteiger partial charge is 0.487 e. The highest BCUT2D eigenvalue weighted by molar-refractivity contribution is 6.32. The number of hydrogen-bond donors (Lipinski definition) is 2. The number of nitrogen functional groups attached to an aromatic ring is 1. The molecule has 4 nitrogen and oxygen atoms in total. The summed E-state index contributed by atoms with van der Waals surface area (Å²) in [6.07, 6.45) is 1.60. The average molecular weight is 276 g/mol. The fourth-order valence-corrected chi connectivity index (χ4v) is 1.97. The van der Waals surface area contributed by atoms with E-state index in [0.29, 0.717) is 16.5 Å². The van der Waals surface area contributed by atoms with Crippen LogP contribution in [0.3, 0.4) is 0 Å². The van der Waals surface area contributed by atoms with Crippen molar-refractivity contribution >= 4 is 17.4 Å². The summed E-state index contributed by atoms with van der Waals surface area (Å²) in [5.41, 5.74) is 7.74. The minimum absolute atomic E-state index is 0.0748. The molecule has 0 aliphatic heterocycles. The molecule has 0 amide bonds. The van der Waals surface area contributed by atoms with Gasteiger partial charge < -0.3 is 10.5 Å². The molecule has 0 bridgehead atoms. The second kappa shape index (κ2) is 5.71. The van der Waals surface area contributed by atoms with Crippen molar-refractivity contribution in [2.24, 2.45) is 5.73 Å². The maximum absolute atomic E-state index is 7.46. The fourth-order valence-electron chi connectivity index (χ4n) is 1.68. The van der Waals surface area contributed by atoms with E-state index in [0.717, 1.165) is 11.1 Å². The number of benzene rings is 1. The third kappa shape index (κ3) is 3.23. The lowest BCUT2D eigenvalue weighted by Crippen LogP contribution is -2.16.